The molecular weight excluding hydrogens is 470 g/mol. The average molecular weight is 523 g/mol. The molecule has 0 bridgehead atoms. The second kappa shape index (κ2) is 15.8. The summed E-state index contributed by atoms with van der Waals surface area (Å²) in [4.78, 5) is 0. The molecule has 3 aromatic carbocycles. The highest BCUT2D eigenvalue weighted by molar-refractivity contribution is 5.34. The van der Waals surface area contributed by atoms with Crippen molar-refractivity contribution in [2.24, 2.45) is 0 Å². The Balaban J connectivity index is 0.000000286. The van der Waals surface area contributed by atoms with E-state index in [2.05, 4.69) is 104 Å². The SMILES string of the molecule is CC(C)c1cc(F)c(F)cc1C(C)C.CC(C)c1ccccc1C(C)C.CC(C)c1ccccc1C(C)C. The Labute approximate surface area is 232 Å². The lowest BCUT2D eigenvalue weighted by Gasteiger charge is -2.16. The molecule has 0 fully saturated rings. The van der Waals surface area contributed by atoms with E-state index in [1.54, 1.807) is 0 Å². The van der Waals surface area contributed by atoms with Crippen LogP contribution < -0.4 is 0 Å². The third-order valence-electron chi connectivity index (χ3n) is 6.85. The normalized spacial score (nSPS) is 11.3. The summed E-state index contributed by atoms with van der Waals surface area (Å²) in [5, 5.41) is 0. The van der Waals surface area contributed by atoms with Crippen molar-refractivity contribution in [1.82, 2.24) is 0 Å². The predicted molar refractivity (Wildman–Crippen MR) is 164 cm³/mol. The van der Waals surface area contributed by atoms with Gasteiger partial charge in [0.1, 0.15) is 0 Å². The fraction of sp³-hybridized carbons (Fsp3) is 0.500. The molecule has 0 heterocycles. The van der Waals surface area contributed by atoms with Gasteiger partial charge in [0.15, 0.2) is 11.6 Å². The van der Waals surface area contributed by atoms with E-state index < -0.39 is 11.6 Å². The van der Waals surface area contributed by atoms with Gasteiger partial charge in [0.25, 0.3) is 0 Å². The molecule has 0 aliphatic heterocycles. The van der Waals surface area contributed by atoms with Gasteiger partial charge < -0.3 is 0 Å². The zero-order chi connectivity index (χ0) is 29.2. The number of hydrogen-bond acceptors (Lipinski definition) is 0. The maximum absolute atomic E-state index is 13.0. The summed E-state index contributed by atoms with van der Waals surface area (Å²) in [5.41, 5.74) is 7.78. The van der Waals surface area contributed by atoms with Crippen molar-refractivity contribution in [3.8, 4) is 0 Å². The van der Waals surface area contributed by atoms with E-state index >= 15 is 0 Å². The van der Waals surface area contributed by atoms with Crippen LogP contribution in [0.4, 0.5) is 8.78 Å². The van der Waals surface area contributed by atoms with Crippen LogP contribution in [0, 0.1) is 11.6 Å². The van der Waals surface area contributed by atoms with Crippen molar-refractivity contribution in [3.63, 3.8) is 0 Å². The van der Waals surface area contributed by atoms with E-state index in [4.69, 9.17) is 0 Å². The van der Waals surface area contributed by atoms with Crippen LogP contribution in [0.25, 0.3) is 0 Å². The molecule has 0 amide bonds. The largest absolute Gasteiger partial charge is 0.204 e. The second-order valence-electron chi connectivity index (χ2n) is 12.1. The minimum Gasteiger partial charge on any atom is -0.204 e. The molecule has 0 spiro atoms. The molecule has 0 unspecified atom stereocenters. The number of hydrogen-bond donors (Lipinski definition) is 0. The quantitative estimate of drug-likeness (QED) is 0.302. The Bertz CT molecular complexity index is 962. The van der Waals surface area contributed by atoms with E-state index in [9.17, 15) is 8.78 Å². The number of benzene rings is 3. The van der Waals surface area contributed by atoms with E-state index in [0.29, 0.717) is 23.7 Å². The third-order valence-corrected chi connectivity index (χ3v) is 6.85. The minimum atomic E-state index is -0.752. The molecule has 0 saturated carbocycles. The lowest BCUT2D eigenvalue weighted by Crippen LogP contribution is -2.01. The Kier molecular flexibility index (Phi) is 14.0. The van der Waals surface area contributed by atoms with Crippen LogP contribution >= 0.6 is 0 Å². The van der Waals surface area contributed by atoms with Gasteiger partial charge >= 0.3 is 0 Å². The minimum absolute atomic E-state index is 0.225. The van der Waals surface area contributed by atoms with Crippen LogP contribution in [-0.4, -0.2) is 0 Å². The van der Waals surface area contributed by atoms with Gasteiger partial charge in [-0.15, -0.1) is 0 Å². The van der Waals surface area contributed by atoms with Gasteiger partial charge in [0.05, 0.1) is 0 Å². The Morgan fingerprint density at radius 1 is 0.342 bits per heavy atom. The molecule has 0 nitrogen and oxygen atoms in total. The van der Waals surface area contributed by atoms with E-state index in [1.807, 2.05) is 27.7 Å². The van der Waals surface area contributed by atoms with Crippen LogP contribution in [0.15, 0.2) is 60.7 Å². The van der Waals surface area contributed by atoms with Crippen LogP contribution in [0.3, 0.4) is 0 Å². The average Bonchev–Trinajstić information content (AvgIpc) is 2.85. The summed E-state index contributed by atoms with van der Waals surface area (Å²) in [6.45, 7) is 25.9. The van der Waals surface area contributed by atoms with Crippen molar-refractivity contribution >= 4 is 0 Å². The topological polar surface area (TPSA) is 0 Å². The van der Waals surface area contributed by atoms with Crippen LogP contribution in [0.5, 0.6) is 0 Å². The van der Waals surface area contributed by atoms with Gasteiger partial charge in [-0.25, -0.2) is 8.78 Å². The smallest absolute Gasteiger partial charge is 0.159 e. The first-order valence-electron chi connectivity index (χ1n) is 14.3. The second-order valence-corrected chi connectivity index (χ2v) is 12.1. The molecule has 0 radical (unpaired) electrons. The highest BCUT2D eigenvalue weighted by atomic mass is 19.2. The summed E-state index contributed by atoms with van der Waals surface area (Å²) < 4.78 is 26.0. The molecule has 3 aromatic rings. The van der Waals surface area contributed by atoms with Crippen LogP contribution in [0.2, 0.25) is 0 Å². The molecule has 0 N–H and O–H groups in total. The molecule has 3 rings (SSSR count). The first kappa shape index (κ1) is 33.5. The Hall–Kier alpha value is -2.48. The lowest BCUT2D eigenvalue weighted by molar-refractivity contribution is 0.503. The summed E-state index contributed by atoms with van der Waals surface area (Å²) in [5.74, 6) is 1.51. The zero-order valence-corrected chi connectivity index (χ0v) is 26.0. The summed E-state index contributed by atoms with van der Waals surface area (Å²) in [6, 6.07) is 20.1. The molecule has 210 valence electrons. The Morgan fingerprint density at radius 2 is 0.526 bits per heavy atom. The molecule has 0 atom stereocenters. The molecule has 0 aliphatic carbocycles. The van der Waals surface area contributed by atoms with Gasteiger partial charge in [-0.1, -0.05) is 132 Å². The molecule has 0 aliphatic rings. The first-order chi connectivity index (χ1) is 17.7. The third kappa shape index (κ3) is 10.0. The first-order valence-corrected chi connectivity index (χ1v) is 14.3. The zero-order valence-electron chi connectivity index (χ0n) is 26.0. The Morgan fingerprint density at radius 3 is 0.684 bits per heavy atom. The lowest BCUT2D eigenvalue weighted by atomic mass is 9.90. The van der Waals surface area contributed by atoms with Gasteiger partial charge in [-0.05, 0) is 81.0 Å². The summed E-state index contributed by atoms with van der Waals surface area (Å²) >= 11 is 0. The summed E-state index contributed by atoms with van der Waals surface area (Å²) in [6.07, 6.45) is 0. The van der Waals surface area contributed by atoms with Crippen molar-refractivity contribution in [3.05, 3.63) is 106 Å². The van der Waals surface area contributed by atoms with Crippen molar-refractivity contribution in [2.45, 2.75) is 119 Å². The highest BCUT2D eigenvalue weighted by Crippen LogP contribution is 2.28. The standard InChI is InChI=1S/C12H16F2.2C12H18/c1-7(2)9-5-11(13)12(14)6-10(9)8(3)4;2*1-9(2)11-7-5-6-8-12(11)10(3)4/h5-8H,1-4H3;2*5-10H,1-4H3. The van der Waals surface area contributed by atoms with Crippen molar-refractivity contribution in [2.75, 3.05) is 0 Å². The van der Waals surface area contributed by atoms with Crippen LogP contribution in [0.1, 0.15) is 152 Å². The maximum atomic E-state index is 13.0. The van der Waals surface area contributed by atoms with Crippen molar-refractivity contribution < 1.29 is 8.78 Å². The van der Waals surface area contributed by atoms with Gasteiger partial charge in [0.2, 0.25) is 0 Å². The predicted octanol–water partition coefficient (Wildman–Crippen LogP) is 12.1. The fourth-order valence-electron chi connectivity index (χ4n) is 4.70. The summed E-state index contributed by atoms with van der Waals surface area (Å²) in [7, 11) is 0. The molecule has 38 heavy (non-hydrogen) atoms. The fourth-order valence-corrected chi connectivity index (χ4v) is 4.70. The van der Waals surface area contributed by atoms with Crippen molar-refractivity contribution in [1.29, 1.82) is 0 Å². The van der Waals surface area contributed by atoms with E-state index in [0.717, 1.165) is 11.1 Å². The molecular formula is C36H52F2. The van der Waals surface area contributed by atoms with E-state index in [1.165, 1.54) is 34.4 Å². The monoisotopic (exact) mass is 522 g/mol. The highest BCUT2D eigenvalue weighted by Gasteiger charge is 2.14. The molecule has 0 saturated heterocycles. The molecule has 2 heteroatoms. The maximum Gasteiger partial charge on any atom is 0.159 e. The number of halogens is 2. The van der Waals surface area contributed by atoms with E-state index in [-0.39, 0.29) is 11.8 Å². The molecule has 0 aromatic heterocycles. The van der Waals surface area contributed by atoms with Gasteiger partial charge in [0, 0.05) is 0 Å². The van der Waals surface area contributed by atoms with Crippen LogP contribution in [-0.2, 0) is 0 Å². The van der Waals surface area contributed by atoms with Gasteiger partial charge in [-0.3, -0.25) is 0 Å². The number of rotatable bonds is 6. The van der Waals surface area contributed by atoms with Gasteiger partial charge in [-0.2, -0.15) is 0 Å².